The van der Waals surface area contributed by atoms with E-state index in [1.54, 1.807) is 6.20 Å². The summed E-state index contributed by atoms with van der Waals surface area (Å²) in [5, 5.41) is 25.7. The van der Waals surface area contributed by atoms with Gasteiger partial charge in [-0.2, -0.15) is 4.98 Å². The van der Waals surface area contributed by atoms with Gasteiger partial charge in [-0.05, 0) is 36.4 Å². The van der Waals surface area contributed by atoms with Crippen LogP contribution in [0, 0.1) is 5.92 Å². The van der Waals surface area contributed by atoms with Gasteiger partial charge in [-0.1, -0.05) is 42.0 Å². The number of aromatic nitrogens is 4. The van der Waals surface area contributed by atoms with E-state index < -0.39 is 12.2 Å². The predicted octanol–water partition coefficient (Wildman–Crippen LogP) is 3.95. The maximum Gasteiger partial charge on any atom is 0.226 e. The molecule has 0 bridgehead atoms. The van der Waals surface area contributed by atoms with Crippen LogP contribution in [-0.2, 0) is 6.42 Å². The minimum absolute atomic E-state index is 0.0465. The highest BCUT2D eigenvalue weighted by atomic mass is 35.5. The van der Waals surface area contributed by atoms with Crippen LogP contribution >= 0.6 is 22.9 Å². The van der Waals surface area contributed by atoms with Crippen molar-refractivity contribution in [3.8, 4) is 10.6 Å². The Morgan fingerprint density at radius 1 is 1.14 bits per heavy atom. The van der Waals surface area contributed by atoms with E-state index in [0.717, 1.165) is 43.0 Å². The van der Waals surface area contributed by atoms with Gasteiger partial charge in [-0.15, -0.1) is 11.3 Å². The molecule has 10 heteroatoms. The summed E-state index contributed by atoms with van der Waals surface area (Å²) in [5.74, 6) is 0.154. The molecular formula is C27H29ClN6O2S. The highest BCUT2D eigenvalue weighted by Crippen LogP contribution is 2.44. The van der Waals surface area contributed by atoms with Crippen molar-refractivity contribution < 1.29 is 10.2 Å². The van der Waals surface area contributed by atoms with E-state index in [1.165, 1.54) is 22.5 Å². The molecule has 4 N–H and O–H groups in total. The predicted molar refractivity (Wildman–Crippen MR) is 147 cm³/mol. The maximum atomic E-state index is 11.2. The zero-order valence-corrected chi connectivity index (χ0v) is 21.8. The Hall–Kier alpha value is -2.82. The van der Waals surface area contributed by atoms with Crippen LogP contribution in [0.25, 0.3) is 21.6 Å². The van der Waals surface area contributed by atoms with Crippen molar-refractivity contribution >= 4 is 39.8 Å². The van der Waals surface area contributed by atoms with Gasteiger partial charge >= 0.3 is 0 Å². The van der Waals surface area contributed by atoms with Crippen molar-refractivity contribution in [2.45, 2.75) is 37.5 Å². The largest absolute Gasteiger partial charge is 0.390 e. The van der Waals surface area contributed by atoms with E-state index in [2.05, 4.69) is 50.2 Å². The second-order valence-electron chi connectivity index (χ2n) is 9.82. The molecule has 1 aliphatic heterocycles. The van der Waals surface area contributed by atoms with Gasteiger partial charge in [0.15, 0.2) is 0 Å². The zero-order chi connectivity index (χ0) is 25.5. The molecule has 4 atom stereocenters. The van der Waals surface area contributed by atoms with E-state index in [1.807, 2.05) is 22.2 Å². The van der Waals surface area contributed by atoms with Crippen LogP contribution in [0.1, 0.15) is 24.4 Å². The second-order valence-corrected chi connectivity index (χ2v) is 11.1. The number of thiazole rings is 1. The van der Waals surface area contributed by atoms with Crippen LogP contribution < -0.4 is 5.73 Å². The quantitative estimate of drug-likeness (QED) is 0.252. The maximum absolute atomic E-state index is 11.2. The molecule has 6 rings (SSSR count). The van der Waals surface area contributed by atoms with Crippen molar-refractivity contribution in [3.05, 3.63) is 70.6 Å². The number of anilines is 1. The third-order valence-corrected chi connectivity index (χ3v) is 8.68. The number of hydrogen-bond donors (Lipinski definition) is 3. The first kappa shape index (κ1) is 24.5. The summed E-state index contributed by atoms with van der Waals surface area (Å²) in [4.78, 5) is 15.5. The fourth-order valence-corrected chi connectivity index (χ4v) is 6.60. The normalized spacial score (nSPS) is 24.6. The fourth-order valence-electron chi connectivity index (χ4n) is 5.77. The molecule has 0 spiro atoms. The van der Waals surface area contributed by atoms with E-state index in [0.29, 0.717) is 17.5 Å². The smallest absolute Gasteiger partial charge is 0.226 e. The fraction of sp³-hybridized carbons (Fsp3) is 0.370. The number of nitrogen functional groups attached to an aromatic ring is 1. The molecule has 4 aromatic rings. The molecule has 0 radical (unpaired) electrons. The summed E-state index contributed by atoms with van der Waals surface area (Å²) >= 11 is 7.67. The molecule has 192 valence electrons. The van der Waals surface area contributed by atoms with Gasteiger partial charge in [-0.3, -0.25) is 4.90 Å². The highest BCUT2D eigenvalue weighted by molar-refractivity contribution is 7.13. The lowest BCUT2D eigenvalue weighted by atomic mass is 9.90. The summed E-state index contributed by atoms with van der Waals surface area (Å²) in [5.41, 5.74) is 10.2. The van der Waals surface area contributed by atoms with E-state index >= 15 is 0 Å². The minimum Gasteiger partial charge on any atom is -0.390 e. The van der Waals surface area contributed by atoms with Crippen LogP contribution in [-0.4, -0.2) is 66.5 Å². The highest BCUT2D eigenvalue weighted by Gasteiger charge is 2.45. The average Bonchev–Trinajstić information content (AvgIpc) is 3.63. The van der Waals surface area contributed by atoms with E-state index in [9.17, 15) is 10.2 Å². The van der Waals surface area contributed by atoms with Crippen molar-refractivity contribution in [2.75, 3.05) is 25.4 Å². The monoisotopic (exact) mass is 536 g/mol. The number of fused-ring (bicyclic) bond motifs is 1. The lowest BCUT2D eigenvalue weighted by Gasteiger charge is -2.29. The van der Waals surface area contributed by atoms with Crippen LogP contribution in [0.3, 0.4) is 0 Å². The molecule has 1 aromatic carbocycles. The first-order valence-corrected chi connectivity index (χ1v) is 13.8. The van der Waals surface area contributed by atoms with Gasteiger partial charge in [0.1, 0.15) is 22.6 Å². The number of benzene rings is 1. The molecule has 1 saturated carbocycles. The van der Waals surface area contributed by atoms with Gasteiger partial charge < -0.3 is 20.5 Å². The van der Waals surface area contributed by atoms with Crippen molar-refractivity contribution in [2.24, 2.45) is 5.92 Å². The van der Waals surface area contributed by atoms with Gasteiger partial charge in [0.05, 0.1) is 17.5 Å². The van der Waals surface area contributed by atoms with E-state index in [-0.39, 0.29) is 23.1 Å². The molecule has 4 heterocycles. The number of aliphatic hydroxyl groups excluding tert-OH is 2. The Morgan fingerprint density at radius 2 is 1.97 bits per heavy atom. The average molecular weight is 537 g/mol. The van der Waals surface area contributed by atoms with Gasteiger partial charge in [0.25, 0.3) is 0 Å². The van der Waals surface area contributed by atoms with Crippen LogP contribution in [0.2, 0.25) is 5.28 Å². The molecule has 8 nitrogen and oxygen atoms in total. The number of nitrogens with zero attached hydrogens (tertiary/aromatic N) is 5. The molecule has 37 heavy (non-hydrogen) atoms. The molecular weight excluding hydrogens is 508 g/mol. The minimum atomic E-state index is -0.947. The Kier molecular flexibility index (Phi) is 6.73. The Labute approximate surface area is 224 Å². The first-order chi connectivity index (χ1) is 18.0. The Morgan fingerprint density at radius 3 is 2.70 bits per heavy atom. The Bertz CT molecular complexity index is 1420. The second kappa shape index (κ2) is 10.2. The number of rotatable bonds is 6. The SMILES string of the molecule is Nc1nc(Cl)nc2c1c(-c1nccs1)cn2[C@@H]1C[C@H](C2=CCN(CCc3ccccc3)CC2)[C@@H](O)[C@H]1O. The first-order valence-electron chi connectivity index (χ1n) is 12.5. The van der Waals surface area contributed by atoms with Gasteiger partial charge in [-0.25, -0.2) is 9.97 Å². The van der Waals surface area contributed by atoms with Crippen LogP contribution in [0.15, 0.2) is 59.8 Å². The van der Waals surface area contributed by atoms with E-state index in [4.69, 9.17) is 17.3 Å². The number of aliphatic hydroxyl groups is 2. The standard InChI is InChI=1S/C27H29ClN6O2S/c28-27-31-24(29)21-19(26-30-9-13-37-26)15-34(25(21)32-27)20-14-18(22(35)23(20)36)17-7-11-33(12-8-17)10-6-16-4-2-1-3-5-16/h1-5,7,9,13,15,18,20,22-23,35-36H,6,8,10-12,14H2,(H2,29,31,32)/t18-,20-,22-,23+/m1/s1. The number of halogens is 1. The molecule has 0 unspecified atom stereocenters. The third-order valence-electron chi connectivity index (χ3n) is 7.71. The Balaban J connectivity index is 1.24. The molecule has 1 aliphatic carbocycles. The summed E-state index contributed by atoms with van der Waals surface area (Å²) in [7, 11) is 0. The molecule has 2 aliphatic rings. The number of hydrogen-bond acceptors (Lipinski definition) is 8. The lowest BCUT2D eigenvalue weighted by molar-refractivity contribution is 0.0113. The van der Waals surface area contributed by atoms with Gasteiger partial charge in [0, 0.05) is 48.9 Å². The summed E-state index contributed by atoms with van der Waals surface area (Å²) in [6.07, 6.45) is 6.58. The van der Waals surface area contributed by atoms with Crippen molar-refractivity contribution in [3.63, 3.8) is 0 Å². The molecule has 3 aromatic heterocycles. The van der Waals surface area contributed by atoms with Gasteiger partial charge in [0.2, 0.25) is 5.28 Å². The molecule has 0 saturated heterocycles. The number of nitrogens with two attached hydrogens (primary N) is 1. The summed E-state index contributed by atoms with van der Waals surface area (Å²) < 4.78 is 1.90. The lowest BCUT2D eigenvalue weighted by Crippen LogP contribution is -2.34. The molecule has 1 fully saturated rings. The summed E-state index contributed by atoms with van der Waals surface area (Å²) in [6, 6.07) is 10.2. The van der Waals surface area contributed by atoms with Crippen LogP contribution in [0.5, 0.6) is 0 Å². The summed E-state index contributed by atoms with van der Waals surface area (Å²) in [6.45, 7) is 2.80. The topological polar surface area (TPSA) is 113 Å². The molecule has 0 amide bonds. The zero-order valence-electron chi connectivity index (χ0n) is 20.2. The van der Waals surface area contributed by atoms with Crippen molar-refractivity contribution in [1.82, 2.24) is 24.4 Å². The van der Waals surface area contributed by atoms with Crippen molar-refractivity contribution in [1.29, 1.82) is 0 Å². The third kappa shape index (κ3) is 4.66. The van der Waals surface area contributed by atoms with Crippen LogP contribution in [0.4, 0.5) is 5.82 Å².